The molecule has 2 aromatic carbocycles. The fourth-order valence-electron chi connectivity index (χ4n) is 5.69. The van der Waals surface area contributed by atoms with Crippen LogP contribution in [0.3, 0.4) is 0 Å². The van der Waals surface area contributed by atoms with Gasteiger partial charge >= 0.3 is 0 Å². The van der Waals surface area contributed by atoms with Crippen LogP contribution < -0.4 is 10.6 Å². The number of nitrogens with zero attached hydrogens (tertiary/aromatic N) is 2. The lowest BCUT2D eigenvalue weighted by Gasteiger charge is -2.42. The molecule has 2 heterocycles. The summed E-state index contributed by atoms with van der Waals surface area (Å²) in [5.41, 5.74) is 2.54. The Hall–Kier alpha value is -2.70. The van der Waals surface area contributed by atoms with Crippen LogP contribution in [0.1, 0.15) is 49.3 Å². The van der Waals surface area contributed by atoms with E-state index in [0.717, 1.165) is 25.9 Å². The fourth-order valence-corrected chi connectivity index (χ4v) is 5.69. The quantitative estimate of drug-likeness (QED) is 0.741. The predicted octanol–water partition coefficient (Wildman–Crippen LogP) is 2.71. The maximum Gasteiger partial charge on any atom is 0.237 e. The predicted molar refractivity (Wildman–Crippen MR) is 129 cm³/mol. The van der Waals surface area contributed by atoms with Crippen LogP contribution in [-0.2, 0) is 9.59 Å². The summed E-state index contributed by atoms with van der Waals surface area (Å²) in [5, 5.41) is 6.63. The molecular formula is C27H34N4O2. The van der Waals surface area contributed by atoms with Gasteiger partial charge in [-0.1, -0.05) is 73.5 Å². The highest BCUT2D eigenvalue weighted by molar-refractivity contribution is 5.89. The molecule has 1 saturated carbocycles. The van der Waals surface area contributed by atoms with Crippen molar-refractivity contribution in [3.63, 3.8) is 0 Å². The van der Waals surface area contributed by atoms with Crippen LogP contribution in [0.25, 0.3) is 0 Å². The molecule has 0 spiro atoms. The topological polar surface area (TPSA) is 64.7 Å². The monoisotopic (exact) mass is 446 g/mol. The second-order valence-electron chi connectivity index (χ2n) is 9.57. The second-order valence-corrected chi connectivity index (χ2v) is 9.57. The standard InChI is InChI=1S/C27H34N4O2/c32-25(19-24-27(33)29-23-14-8-7-13-22(23)28-24)30-15-17-31(18-16-30)26(20-9-3-1-4-10-20)21-11-5-2-6-12-21/h1-6,9-12,22-24,26,28H,7-8,13-19H2,(H,29,33)/t22-,23-,24-/m0/s1. The highest BCUT2D eigenvalue weighted by atomic mass is 16.2. The molecule has 0 unspecified atom stereocenters. The molecule has 0 radical (unpaired) electrons. The number of fused-ring (bicyclic) bond motifs is 1. The van der Waals surface area contributed by atoms with Crippen LogP contribution in [0, 0.1) is 0 Å². The Morgan fingerprint density at radius 1 is 0.848 bits per heavy atom. The third kappa shape index (κ3) is 4.97. The minimum absolute atomic E-state index is 0.0154. The Kier molecular flexibility index (Phi) is 6.74. The first-order valence-electron chi connectivity index (χ1n) is 12.4. The van der Waals surface area contributed by atoms with Gasteiger partial charge in [0, 0.05) is 38.3 Å². The molecule has 0 bridgehead atoms. The second kappa shape index (κ2) is 10.1. The van der Waals surface area contributed by atoms with Crippen LogP contribution in [-0.4, -0.2) is 65.9 Å². The van der Waals surface area contributed by atoms with E-state index in [0.29, 0.717) is 19.1 Å². The molecule has 6 heteroatoms. The van der Waals surface area contributed by atoms with Crippen LogP contribution in [0.4, 0.5) is 0 Å². The van der Waals surface area contributed by atoms with Gasteiger partial charge < -0.3 is 15.5 Å². The zero-order valence-electron chi connectivity index (χ0n) is 19.2. The maximum absolute atomic E-state index is 13.1. The van der Waals surface area contributed by atoms with Crippen LogP contribution >= 0.6 is 0 Å². The average molecular weight is 447 g/mol. The summed E-state index contributed by atoms with van der Waals surface area (Å²) in [4.78, 5) is 30.0. The van der Waals surface area contributed by atoms with Crippen molar-refractivity contribution in [3.8, 4) is 0 Å². The van der Waals surface area contributed by atoms with Crippen molar-refractivity contribution in [1.82, 2.24) is 20.4 Å². The molecule has 2 amide bonds. The van der Waals surface area contributed by atoms with Gasteiger partial charge in [0.2, 0.25) is 11.8 Å². The van der Waals surface area contributed by atoms with E-state index in [-0.39, 0.29) is 30.3 Å². The zero-order valence-corrected chi connectivity index (χ0v) is 19.2. The van der Waals surface area contributed by atoms with E-state index in [2.05, 4.69) is 64.1 Å². The van der Waals surface area contributed by atoms with E-state index in [1.54, 1.807) is 0 Å². The maximum atomic E-state index is 13.1. The molecule has 33 heavy (non-hydrogen) atoms. The number of nitrogens with one attached hydrogen (secondary N) is 2. The summed E-state index contributed by atoms with van der Waals surface area (Å²) in [5.74, 6) is 0.0610. The molecule has 5 rings (SSSR count). The van der Waals surface area contributed by atoms with E-state index < -0.39 is 6.04 Å². The van der Waals surface area contributed by atoms with E-state index in [4.69, 9.17) is 0 Å². The van der Waals surface area contributed by atoms with E-state index in [1.165, 1.54) is 24.0 Å². The van der Waals surface area contributed by atoms with Crippen molar-refractivity contribution in [2.45, 2.75) is 56.3 Å². The van der Waals surface area contributed by atoms with Crippen molar-refractivity contribution in [3.05, 3.63) is 71.8 Å². The van der Waals surface area contributed by atoms with Crippen molar-refractivity contribution >= 4 is 11.8 Å². The molecule has 3 aliphatic rings. The molecule has 174 valence electrons. The van der Waals surface area contributed by atoms with Gasteiger partial charge in [-0.2, -0.15) is 0 Å². The Bertz CT molecular complexity index is 904. The lowest BCUT2D eigenvalue weighted by atomic mass is 9.87. The van der Waals surface area contributed by atoms with E-state index in [1.807, 2.05) is 17.0 Å². The first kappa shape index (κ1) is 22.1. The number of hydrogen-bond donors (Lipinski definition) is 2. The fraction of sp³-hybridized carbons (Fsp3) is 0.481. The lowest BCUT2D eigenvalue weighted by molar-refractivity contribution is -0.138. The highest BCUT2D eigenvalue weighted by Gasteiger charge is 2.38. The van der Waals surface area contributed by atoms with Gasteiger partial charge in [0.05, 0.1) is 18.5 Å². The molecule has 3 atom stereocenters. The third-order valence-electron chi connectivity index (χ3n) is 7.47. The summed E-state index contributed by atoms with van der Waals surface area (Å²) in [6, 6.07) is 21.5. The normalized spacial score (nSPS) is 26.0. The summed E-state index contributed by atoms with van der Waals surface area (Å²) in [7, 11) is 0. The van der Waals surface area contributed by atoms with E-state index in [9.17, 15) is 9.59 Å². The number of amides is 2. The van der Waals surface area contributed by atoms with Gasteiger partial charge in [0.15, 0.2) is 0 Å². The van der Waals surface area contributed by atoms with Gasteiger partial charge in [-0.25, -0.2) is 0 Å². The van der Waals surface area contributed by atoms with Crippen LogP contribution in [0.15, 0.2) is 60.7 Å². The molecule has 3 fully saturated rings. The molecule has 2 aliphatic heterocycles. The molecule has 2 N–H and O–H groups in total. The Labute approximate surface area is 196 Å². The number of rotatable bonds is 5. The van der Waals surface area contributed by atoms with Crippen molar-refractivity contribution in [1.29, 1.82) is 0 Å². The summed E-state index contributed by atoms with van der Waals surface area (Å²) in [6.45, 7) is 3.01. The minimum Gasteiger partial charge on any atom is -0.350 e. The largest absolute Gasteiger partial charge is 0.350 e. The molecule has 2 saturated heterocycles. The number of hydrogen-bond acceptors (Lipinski definition) is 4. The highest BCUT2D eigenvalue weighted by Crippen LogP contribution is 2.29. The molecule has 0 aromatic heterocycles. The third-order valence-corrected chi connectivity index (χ3v) is 7.47. The Morgan fingerprint density at radius 3 is 2.03 bits per heavy atom. The average Bonchev–Trinajstić information content (AvgIpc) is 2.86. The smallest absolute Gasteiger partial charge is 0.237 e. The van der Waals surface area contributed by atoms with Gasteiger partial charge in [0.1, 0.15) is 0 Å². The zero-order chi connectivity index (χ0) is 22.6. The van der Waals surface area contributed by atoms with Crippen LogP contribution in [0.5, 0.6) is 0 Å². The van der Waals surface area contributed by atoms with Crippen molar-refractivity contribution in [2.75, 3.05) is 26.2 Å². The van der Waals surface area contributed by atoms with Crippen LogP contribution in [0.2, 0.25) is 0 Å². The summed E-state index contributed by atoms with van der Waals surface area (Å²) in [6.07, 6.45) is 4.72. The lowest BCUT2D eigenvalue weighted by Crippen LogP contribution is -2.65. The van der Waals surface area contributed by atoms with E-state index >= 15 is 0 Å². The Morgan fingerprint density at radius 2 is 1.42 bits per heavy atom. The number of piperazine rings is 2. The first-order chi connectivity index (χ1) is 16.2. The molecule has 2 aromatic rings. The van der Waals surface area contributed by atoms with Crippen molar-refractivity contribution in [2.24, 2.45) is 0 Å². The molecular weight excluding hydrogens is 412 g/mol. The van der Waals surface area contributed by atoms with Gasteiger partial charge in [-0.15, -0.1) is 0 Å². The minimum atomic E-state index is -0.406. The van der Waals surface area contributed by atoms with Gasteiger partial charge in [-0.3, -0.25) is 14.5 Å². The number of carbonyl (C=O) groups excluding carboxylic acids is 2. The summed E-state index contributed by atoms with van der Waals surface area (Å²) < 4.78 is 0. The first-order valence-corrected chi connectivity index (χ1v) is 12.4. The SMILES string of the molecule is O=C1N[C@H]2CCCC[C@@H]2N[C@H]1CC(=O)N1CCN(C(c2ccccc2)c2ccccc2)CC1. The van der Waals surface area contributed by atoms with Crippen molar-refractivity contribution < 1.29 is 9.59 Å². The molecule has 6 nitrogen and oxygen atoms in total. The van der Waals surface area contributed by atoms with Gasteiger partial charge in [-0.05, 0) is 24.0 Å². The Balaban J connectivity index is 1.21. The number of carbonyl (C=O) groups is 2. The summed E-state index contributed by atoms with van der Waals surface area (Å²) >= 11 is 0. The number of benzene rings is 2. The van der Waals surface area contributed by atoms with Gasteiger partial charge in [0.25, 0.3) is 0 Å². The molecule has 1 aliphatic carbocycles.